The molecule has 0 radical (unpaired) electrons. The minimum absolute atomic E-state index is 0.00579. The highest BCUT2D eigenvalue weighted by molar-refractivity contribution is 6.64. The fourth-order valence-corrected chi connectivity index (χ4v) is 8.27. The molecule has 14 nitrogen and oxygen atoms in total. The molecule has 0 aromatic heterocycles. The largest absolute Gasteiger partial charge is 0.508 e. The Morgan fingerprint density at radius 1 is 0.750 bits per heavy atom. The molecule has 5 atom stereocenters. The number of rotatable bonds is 9. The third-order valence-corrected chi connectivity index (χ3v) is 13.5. The van der Waals surface area contributed by atoms with Crippen LogP contribution in [0.25, 0.3) is 0 Å². The van der Waals surface area contributed by atoms with Gasteiger partial charge in [-0.05, 0) is 112 Å². The first kappa shape index (κ1) is 48.3. The number of allylic oxidation sites excluding steroid dienone is 6. The average Bonchev–Trinajstić information content (AvgIpc) is 3.67. The quantitative estimate of drug-likeness (QED) is 0.1000. The molecule has 60 heavy (non-hydrogen) atoms. The van der Waals surface area contributed by atoms with E-state index in [4.69, 9.17) is 30.9 Å². The minimum Gasteiger partial charge on any atom is -0.481 e. The van der Waals surface area contributed by atoms with Gasteiger partial charge in [0.1, 0.15) is 62.0 Å². The van der Waals surface area contributed by atoms with Crippen molar-refractivity contribution in [2.75, 3.05) is 39.6 Å². The maximum Gasteiger partial charge on any atom is 0.508 e. The molecule has 15 heteroatoms. The number of halogens is 1. The summed E-state index contributed by atoms with van der Waals surface area (Å²) in [4.78, 5) is 66.1. The van der Waals surface area contributed by atoms with Crippen LogP contribution in [0.1, 0.15) is 106 Å². The molecule has 3 aliphatic carbocycles. The number of hydrogen-bond donors (Lipinski definition) is 1. The smallest absolute Gasteiger partial charge is 0.481 e. The first-order valence-electron chi connectivity index (χ1n) is 20.9. The number of ether oxygens (including phenoxy) is 7. The number of carboxylic acid groups (broad SMARTS) is 1. The van der Waals surface area contributed by atoms with E-state index in [1.54, 1.807) is 19.4 Å². The Morgan fingerprint density at radius 3 is 1.78 bits per heavy atom. The van der Waals surface area contributed by atoms with Crippen molar-refractivity contribution in [3.63, 3.8) is 0 Å². The number of esters is 1. The SMILES string of the molecule is C=C1CC[C@H](OC(=O)C2(C)COC(=O)OC2)C/C1=C/C=C1\CCC[C@]2([C@H](C)/C=C/[C@H](C)C(C)C)CCC[C@@H]12.CC1(C(=O)Cl)COC(=O)OC1.CC1(C(=O)O)COC(=O)OC1. The molecule has 6 fully saturated rings. The van der Waals surface area contributed by atoms with Crippen molar-refractivity contribution in [1.82, 2.24) is 0 Å². The van der Waals surface area contributed by atoms with E-state index in [2.05, 4.69) is 77.5 Å². The fourth-order valence-electron chi connectivity index (χ4n) is 8.16. The van der Waals surface area contributed by atoms with E-state index < -0.39 is 45.9 Å². The molecule has 0 unspecified atom stereocenters. The first-order valence-corrected chi connectivity index (χ1v) is 21.3. The van der Waals surface area contributed by atoms with Crippen LogP contribution in [-0.2, 0) is 47.5 Å². The molecule has 3 saturated heterocycles. The van der Waals surface area contributed by atoms with Gasteiger partial charge in [-0.15, -0.1) is 0 Å². The molecule has 3 aliphatic heterocycles. The summed E-state index contributed by atoms with van der Waals surface area (Å²) in [7, 11) is 0. The minimum atomic E-state index is -1.09. The summed E-state index contributed by atoms with van der Waals surface area (Å²) in [5.41, 5.74) is 1.38. The lowest BCUT2D eigenvalue weighted by Crippen LogP contribution is -2.45. The molecule has 1 N–H and O–H groups in total. The molecule has 6 rings (SSSR count). The molecule has 0 bridgehead atoms. The third-order valence-electron chi connectivity index (χ3n) is 13.0. The zero-order chi connectivity index (χ0) is 44.5. The zero-order valence-corrected chi connectivity index (χ0v) is 36.9. The van der Waals surface area contributed by atoms with Crippen molar-refractivity contribution in [2.45, 2.75) is 112 Å². The van der Waals surface area contributed by atoms with Gasteiger partial charge in [0.2, 0.25) is 5.24 Å². The van der Waals surface area contributed by atoms with Crippen LogP contribution in [0.4, 0.5) is 14.4 Å². The van der Waals surface area contributed by atoms with Gasteiger partial charge in [0.05, 0.1) is 0 Å². The molecule has 0 aromatic rings. The summed E-state index contributed by atoms with van der Waals surface area (Å²) in [6.07, 6.45) is 17.1. The van der Waals surface area contributed by atoms with Gasteiger partial charge in [-0.25, -0.2) is 14.4 Å². The molecule has 0 amide bonds. The van der Waals surface area contributed by atoms with Crippen molar-refractivity contribution in [1.29, 1.82) is 0 Å². The summed E-state index contributed by atoms with van der Waals surface area (Å²) in [6.45, 7) is 18.2. The maximum atomic E-state index is 12.9. The number of carboxylic acids is 1. The van der Waals surface area contributed by atoms with E-state index in [0.29, 0.717) is 35.5 Å². The van der Waals surface area contributed by atoms with Gasteiger partial charge in [-0.1, -0.05) is 76.1 Å². The fraction of sp³-hybridized carbons (Fsp3) is 0.689. The van der Waals surface area contributed by atoms with E-state index >= 15 is 0 Å². The predicted molar refractivity (Wildman–Crippen MR) is 220 cm³/mol. The van der Waals surface area contributed by atoms with Crippen LogP contribution in [-0.4, -0.2) is 86.5 Å². The van der Waals surface area contributed by atoms with Crippen LogP contribution in [0.3, 0.4) is 0 Å². The highest BCUT2D eigenvalue weighted by Gasteiger charge is 2.49. The van der Waals surface area contributed by atoms with Crippen LogP contribution in [0, 0.1) is 45.3 Å². The Morgan fingerprint density at radius 2 is 1.27 bits per heavy atom. The van der Waals surface area contributed by atoms with Gasteiger partial charge >= 0.3 is 30.4 Å². The molecule has 3 saturated carbocycles. The van der Waals surface area contributed by atoms with Crippen molar-refractivity contribution < 1.29 is 67.0 Å². The molecule has 3 heterocycles. The Balaban J connectivity index is 0.000000291. The Kier molecular flexibility index (Phi) is 16.5. The highest BCUT2D eigenvalue weighted by atomic mass is 35.5. The molecule has 334 valence electrons. The number of hydrogen-bond acceptors (Lipinski definition) is 13. The normalized spacial score (nSPS) is 29.0. The zero-order valence-electron chi connectivity index (χ0n) is 36.1. The third kappa shape index (κ3) is 12.2. The van der Waals surface area contributed by atoms with Crippen LogP contribution in [0.15, 0.2) is 47.6 Å². The van der Waals surface area contributed by atoms with Crippen LogP contribution in [0.5, 0.6) is 0 Å². The van der Waals surface area contributed by atoms with Gasteiger partial charge in [0.25, 0.3) is 0 Å². The van der Waals surface area contributed by atoms with Gasteiger partial charge in [-0.2, -0.15) is 0 Å². The predicted octanol–water partition coefficient (Wildman–Crippen LogP) is 9.29. The van der Waals surface area contributed by atoms with E-state index in [0.717, 1.165) is 18.4 Å². The van der Waals surface area contributed by atoms with Gasteiger partial charge < -0.3 is 38.3 Å². The van der Waals surface area contributed by atoms with Crippen molar-refractivity contribution >= 4 is 47.2 Å². The van der Waals surface area contributed by atoms with Gasteiger partial charge in [-0.3, -0.25) is 14.4 Å². The van der Waals surface area contributed by atoms with Gasteiger partial charge in [0.15, 0.2) is 0 Å². The summed E-state index contributed by atoms with van der Waals surface area (Å²) in [6, 6.07) is 0. The second-order valence-corrected chi connectivity index (χ2v) is 18.7. The second-order valence-electron chi connectivity index (χ2n) is 18.4. The number of aliphatic carboxylic acids is 1. The van der Waals surface area contributed by atoms with E-state index in [1.807, 2.05) is 0 Å². The van der Waals surface area contributed by atoms with E-state index in [-0.39, 0.29) is 51.7 Å². The topological polar surface area (TPSA) is 187 Å². The summed E-state index contributed by atoms with van der Waals surface area (Å²) < 4.78 is 33.6. The van der Waals surface area contributed by atoms with E-state index in [1.165, 1.54) is 51.0 Å². The van der Waals surface area contributed by atoms with Crippen LogP contribution in [0.2, 0.25) is 0 Å². The number of cyclic esters (lactones) is 6. The summed E-state index contributed by atoms with van der Waals surface area (Å²) in [5, 5.41) is 8.06. The Hall–Kier alpha value is -4.33. The Bertz CT molecular complexity index is 1650. The Labute approximate surface area is 358 Å². The molecular weight excluding hydrogens is 800 g/mol. The second kappa shape index (κ2) is 20.5. The number of carbonyl (C=O) groups excluding carboxylic acids is 5. The monoisotopic (exact) mass is 862 g/mol. The molecular formula is C45H63ClO14. The van der Waals surface area contributed by atoms with Crippen LogP contribution < -0.4 is 0 Å². The lowest BCUT2D eigenvalue weighted by Gasteiger charge is -2.45. The molecule has 0 spiro atoms. The average molecular weight is 863 g/mol. The molecule has 6 aliphatic rings. The van der Waals surface area contributed by atoms with Crippen molar-refractivity contribution in [2.24, 2.45) is 45.3 Å². The summed E-state index contributed by atoms with van der Waals surface area (Å²) >= 11 is 5.24. The van der Waals surface area contributed by atoms with Gasteiger partial charge in [0, 0.05) is 6.42 Å². The van der Waals surface area contributed by atoms with Crippen molar-refractivity contribution in [3.05, 3.63) is 47.6 Å². The lowest BCUT2D eigenvalue weighted by molar-refractivity contribution is -0.172. The maximum absolute atomic E-state index is 12.9. The lowest BCUT2D eigenvalue weighted by atomic mass is 9.60. The van der Waals surface area contributed by atoms with Crippen LogP contribution >= 0.6 is 11.6 Å². The van der Waals surface area contributed by atoms with Crippen molar-refractivity contribution in [3.8, 4) is 0 Å². The first-order chi connectivity index (χ1) is 28.1. The number of carbonyl (C=O) groups is 6. The molecule has 0 aromatic carbocycles. The number of fused-ring (bicyclic) bond motifs is 1. The standard InChI is InChI=1S/C33H48O5.C6H7ClO4.C6H8O5/c1-22(2)23(3)11-13-25(5)33-17-7-9-26(29(33)10-8-18-33)14-15-27-19-28(16-12-24(27)4)38-30(34)32(6)20-36-31(35)37-21-32;2*1-6(4(7)8)2-10-5(9)11-3-6/h11,13-15,22-23,25,28-29H,4,7-10,12,16-21H2,1-3,5-6H3;2-3H2,1H3;2-3H2,1H3,(H,7,8)/b13-11+,26-14+,27-15-;;/t23-,25+,28-,29-,33+;;/m0../s1. The van der Waals surface area contributed by atoms with E-state index in [9.17, 15) is 28.8 Å². The summed E-state index contributed by atoms with van der Waals surface area (Å²) in [5.74, 6) is 1.14. The highest BCUT2D eigenvalue weighted by Crippen LogP contribution is 2.59.